The first-order valence-corrected chi connectivity index (χ1v) is 5.74. The summed E-state index contributed by atoms with van der Waals surface area (Å²) >= 11 is 5.82. The van der Waals surface area contributed by atoms with Crippen molar-refractivity contribution in [2.45, 2.75) is 6.61 Å². The van der Waals surface area contributed by atoms with Gasteiger partial charge in [-0.25, -0.2) is 0 Å². The van der Waals surface area contributed by atoms with Crippen molar-refractivity contribution in [1.82, 2.24) is 0 Å². The Labute approximate surface area is 110 Å². The van der Waals surface area contributed by atoms with Crippen LogP contribution in [0, 0.1) is 11.3 Å². The standard InChI is InChI=1S/C14H11ClN2O/c15-12-6-5-11(13(17)7-12)9-18-14-4-2-1-3-10(14)8-16/h1-7H,9,17H2. The lowest BCUT2D eigenvalue weighted by molar-refractivity contribution is 0.306. The number of ether oxygens (including phenoxy) is 1. The molecule has 0 aliphatic carbocycles. The zero-order valence-electron chi connectivity index (χ0n) is 9.56. The Morgan fingerprint density at radius 1 is 1.22 bits per heavy atom. The lowest BCUT2D eigenvalue weighted by atomic mass is 10.2. The maximum atomic E-state index is 8.93. The minimum atomic E-state index is 0.307. The Morgan fingerprint density at radius 2 is 2.00 bits per heavy atom. The molecule has 2 rings (SSSR count). The summed E-state index contributed by atoms with van der Waals surface area (Å²) in [7, 11) is 0. The summed E-state index contributed by atoms with van der Waals surface area (Å²) < 4.78 is 5.59. The average Bonchev–Trinajstić information content (AvgIpc) is 2.38. The van der Waals surface area contributed by atoms with Gasteiger partial charge in [-0.05, 0) is 24.3 Å². The molecular weight excluding hydrogens is 248 g/mol. The van der Waals surface area contributed by atoms with Crippen LogP contribution in [0.1, 0.15) is 11.1 Å². The number of nitrogens with zero attached hydrogens (tertiary/aromatic N) is 1. The summed E-state index contributed by atoms with van der Waals surface area (Å²) in [4.78, 5) is 0. The summed E-state index contributed by atoms with van der Waals surface area (Å²) in [5.74, 6) is 0.550. The van der Waals surface area contributed by atoms with Crippen molar-refractivity contribution in [3.63, 3.8) is 0 Å². The molecule has 3 nitrogen and oxygen atoms in total. The van der Waals surface area contributed by atoms with Gasteiger partial charge in [0.2, 0.25) is 0 Å². The van der Waals surface area contributed by atoms with Gasteiger partial charge in [-0.1, -0.05) is 29.8 Å². The number of anilines is 1. The Morgan fingerprint density at radius 3 is 2.72 bits per heavy atom. The van der Waals surface area contributed by atoms with E-state index in [4.69, 9.17) is 27.3 Å². The zero-order valence-corrected chi connectivity index (χ0v) is 10.3. The second-order valence-corrected chi connectivity index (χ2v) is 4.18. The highest BCUT2D eigenvalue weighted by molar-refractivity contribution is 6.30. The molecule has 0 saturated heterocycles. The molecule has 0 fully saturated rings. The fourth-order valence-electron chi connectivity index (χ4n) is 1.54. The molecule has 0 bridgehead atoms. The van der Waals surface area contributed by atoms with Crippen LogP contribution in [0.25, 0.3) is 0 Å². The Balaban J connectivity index is 2.14. The number of nitriles is 1. The van der Waals surface area contributed by atoms with Crippen LogP contribution in [0.5, 0.6) is 5.75 Å². The fraction of sp³-hybridized carbons (Fsp3) is 0.0714. The van der Waals surface area contributed by atoms with E-state index in [1.54, 1.807) is 30.3 Å². The number of para-hydroxylation sites is 1. The summed E-state index contributed by atoms with van der Waals surface area (Å²) in [5, 5.41) is 9.53. The highest BCUT2D eigenvalue weighted by atomic mass is 35.5. The molecule has 2 aromatic carbocycles. The van der Waals surface area contributed by atoms with Crippen molar-refractivity contribution >= 4 is 17.3 Å². The number of hydrogen-bond donors (Lipinski definition) is 1. The minimum absolute atomic E-state index is 0.307. The first-order valence-electron chi connectivity index (χ1n) is 5.36. The maximum Gasteiger partial charge on any atom is 0.137 e. The van der Waals surface area contributed by atoms with E-state index in [1.807, 2.05) is 12.1 Å². The number of hydrogen-bond acceptors (Lipinski definition) is 3. The average molecular weight is 259 g/mol. The van der Waals surface area contributed by atoms with Crippen molar-refractivity contribution in [2.24, 2.45) is 0 Å². The highest BCUT2D eigenvalue weighted by Gasteiger charge is 2.04. The van der Waals surface area contributed by atoms with Crippen molar-refractivity contribution in [3.8, 4) is 11.8 Å². The van der Waals surface area contributed by atoms with Gasteiger partial charge in [0.25, 0.3) is 0 Å². The largest absolute Gasteiger partial charge is 0.487 e. The molecule has 0 unspecified atom stereocenters. The molecule has 2 aromatic rings. The van der Waals surface area contributed by atoms with Crippen LogP contribution >= 0.6 is 11.6 Å². The summed E-state index contributed by atoms with van der Waals surface area (Å²) in [6.07, 6.45) is 0. The van der Waals surface area contributed by atoms with Crippen LogP contribution in [0.2, 0.25) is 5.02 Å². The van der Waals surface area contributed by atoms with Gasteiger partial charge >= 0.3 is 0 Å². The Bertz CT molecular complexity index is 605. The topological polar surface area (TPSA) is 59.0 Å². The van der Waals surface area contributed by atoms with Crippen LogP contribution in [0.15, 0.2) is 42.5 Å². The third kappa shape index (κ3) is 2.73. The van der Waals surface area contributed by atoms with Crippen LogP contribution in [0.4, 0.5) is 5.69 Å². The van der Waals surface area contributed by atoms with Gasteiger partial charge in [0.15, 0.2) is 0 Å². The lowest BCUT2D eigenvalue weighted by Gasteiger charge is -2.09. The smallest absolute Gasteiger partial charge is 0.137 e. The van der Waals surface area contributed by atoms with E-state index in [2.05, 4.69) is 6.07 Å². The second kappa shape index (κ2) is 5.44. The molecule has 0 aliphatic rings. The van der Waals surface area contributed by atoms with Crippen LogP contribution in [0.3, 0.4) is 0 Å². The predicted molar refractivity (Wildman–Crippen MR) is 71.4 cm³/mol. The molecule has 0 aromatic heterocycles. The van der Waals surface area contributed by atoms with Crippen LogP contribution in [-0.4, -0.2) is 0 Å². The van der Waals surface area contributed by atoms with Gasteiger partial charge in [-0.2, -0.15) is 5.26 Å². The number of rotatable bonds is 3. The van der Waals surface area contributed by atoms with Gasteiger partial charge in [0, 0.05) is 16.3 Å². The van der Waals surface area contributed by atoms with E-state index in [-0.39, 0.29) is 0 Å². The van der Waals surface area contributed by atoms with Gasteiger partial charge in [-0.3, -0.25) is 0 Å². The quantitative estimate of drug-likeness (QED) is 0.859. The van der Waals surface area contributed by atoms with Gasteiger partial charge in [-0.15, -0.1) is 0 Å². The van der Waals surface area contributed by atoms with Crippen LogP contribution in [-0.2, 0) is 6.61 Å². The summed E-state index contributed by atoms with van der Waals surface area (Å²) in [6.45, 7) is 0.307. The third-order valence-corrected chi connectivity index (χ3v) is 2.73. The summed E-state index contributed by atoms with van der Waals surface area (Å²) in [6, 6.07) is 14.4. The molecule has 0 saturated carbocycles. The highest BCUT2D eigenvalue weighted by Crippen LogP contribution is 2.22. The number of nitrogens with two attached hydrogens (primary N) is 1. The van der Waals surface area contributed by atoms with E-state index in [1.165, 1.54) is 0 Å². The molecule has 90 valence electrons. The molecule has 0 atom stereocenters. The lowest BCUT2D eigenvalue weighted by Crippen LogP contribution is -2.01. The first-order chi connectivity index (χ1) is 8.70. The SMILES string of the molecule is N#Cc1ccccc1OCc1ccc(Cl)cc1N. The van der Waals surface area contributed by atoms with E-state index < -0.39 is 0 Å². The predicted octanol–water partition coefficient (Wildman–Crippen LogP) is 3.37. The molecule has 0 amide bonds. The normalized spacial score (nSPS) is 9.78. The molecule has 0 spiro atoms. The van der Waals surface area contributed by atoms with Crippen molar-refractivity contribution in [3.05, 3.63) is 58.6 Å². The Kier molecular flexibility index (Phi) is 3.71. The van der Waals surface area contributed by atoms with E-state index >= 15 is 0 Å². The first kappa shape index (κ1) is 12.3. The molecule has 2 N–H and O–H groups in total. The molecule has 4 heteroatoms. The monoisotopic (exact) mass is 258 g/mol. The van der Waals surface area contributed by atoms with Crippen LogP contribution < -0.4 is 10.5 Å². The van der Waals surface area contributed by atoms with Crippen molar-refractivity contribution < 1.29 is 4.74 Å². The Hall–Kier alpha value is -2.18. The molecule has 0 aliphatic heterocycles. The number of nitrogen functional groups attached to an aromatic ring is 1. The molecule has 0 heterocycles. The minimum Gasteiger partial charge on any atom is -0.487 e. The second-order valence-electron chi connectivity index (χ2n) is 3.74. The van der Waals surface area contributed by atoms with Crippen molar-refractivity contribution in [2.75, 3.05) is 5.73 Å². The molecule has 18 heavy (non-hydrogen) atoms. The molecular formula is C14H11ClN2O. The van der Waals surface area contributed by atoms with E-state index in [0.29, 0.717) is 28.6 Å². The van der Waals surface area contributed by atoms with Gasteiger partial charge in [0.05, 0.1) is 5.56 Å². The third-order valence-electron chi connectivity index (χ3n) is 2.50. The number of benzene rings is 2. The fourth-order valence-corrected chi connectivity index (χ4v) is 1.72. The van der Waals surface area contributed by atoms with E-state index in [9.17, 15) is 0 Å². The molecule has 0 radical (unpaired) electrons. The number of halogens is 1. The summed E-state index contributed by atoms with van der Waals surface area (Å²) in [5.41, 5.74) is 7.75. The van der Waals surface area contributed by atoms with Crippen molar-refractivity contribution in [1.29, 1.82) is 5.26 Å². The van der Waals surface area contributed by atoms with Gasteiger partial charge in [0.1, 0.15) is 18.4 Å². The zero-order chi connectivity index (χ0) is 13.0. The maximum absolute atomic E-state index is 8.93. The van der Waals surface area contributed by atoms with E-state index in [0.717, 1.165) is 5.56 Å². The van der Waals surface area contributed by atoms with Gasteiger partial charge < -0.3 is 10.5 Å².